The number of carbonyl (C=O) groups excluding carboxylic acids is 3. The number of likely N-dealkylation sites (tertiary alicyclic amines) is 1. The lowest BCUT2D eigenvalue weighted by Gasteiger charge is -2.31. The van der Waals surface area contributed by atoms with Crippen LogP contribution in [0.25, 0.3) is 0 Å². The zero-order chi connectivity index (χ0) is 21.3. The van der Waals surface area contributed by atoms with Gasteiger partial charge in [0.2, 0.25) is 11.8 Å². The standard InChI is InChI=1S/C22H27N3O4S/c1-29-18-7-3-2-6-17(18)24-21(27)16-10-13-25(14-11-16)20(26)9-4-12-23-22(28)19-8-5-15-30-19/h2-3,5-8,15-16H,4,9-14H2,1H3,(H,23,28)(H,24,27). The Balaban J connectivity index is 1.36. The maximum atomic E-state index is 12.6. The van der Waals surface area contributed by atoms with Crippen LogP contribution in [0.2, 0.25) is 0 Å². The average molecular weight is 430 g/mol. The normalized spacial score (nSPS) is 14.2. The van der Waals surface area contributed by atoms with Gasteiger partial charge in [0.25, 0.3) is 5.91 Å². The number of carbonyl (C=O) groups is 3. The molecule has 1 aliphatic heterocycles. The molecule has 1 fully saturated rings. The van der Waals surface area contributed by atoms with E-state index in [2.05, 4.69) is 10.6 Å². The molecule has 3 amide bonds. The highest BCUT2D eigenvalue weighted by atomic mass is 32.1. The highest BCUT2D eigenvalue weighted by molar-refractivity contribution is 7.12. The van der Waals surface area contributed by atoms with Crippen molar-refractivity contribution in [2.75, 3.05) is 32.1 Å². The van der Waals surface area contributed by atoms with Crippen LogP contribution in [0, 0.1) is 5.92 Å². The molecule has 2 heterocycles. The van der Waals surface area contributed by atoms with E-state index in [1.807, 2.05) is 34.5 Å². The van der Waals surface area contributed by atoms with Crippen molar-refractivity contribution in [2.45, 2.75) is 25.7 Å². The summed E-state index contributed by atoms with van der Waals surface area (Å²) >= 11 is 1.40. The molecule has 1 saturated heterocycles. The second-order valence-corrected chi connectivity index (χ2v) is 8.13. The van der Waals surface area contributed by atoms with E-state index < -0.39 is 0 Å². The monoisotopic (exact) mass is 429 g/mol. The second kappa shape index (κ2) is 10.8. The molecule has 0 aliphatic carbocycles. The molecule has 1 aromatic heterocycles. The van der Waals surface area contributed by atoms with Gasteiger partial charge in [-0.25, -0.2) is 0 Å². The maximum absolute atomic E-state index is 12.6. The molecule has 0 radical (unpaired) electrons. The number of methoxy groups -OCH3 is 1. The van der Waals surface area contributed by atoms with Crippen molar-refractivity contribution >= 4 is 34.7 Å². The third-order valence-electron chi connectivity index (χ3n) is 5.18. The highest BCUT2D eigenvalue weighted by Gasteiger charge is 2.27. The molecular formula is C22H27N3O4S. The van der Waals surface area contributed by atoms with E-state index in [0.29, 0.717) is 61.6 Å². The van der Waals surface area contributed by atoms with Crippen molar-refractivity contribution in [3.05, 3.63) is 46.7 Å². The number of nitrogens with zero attached hydrogens (tertiary/aromatic N) is 1. The summed E-state index contributed by atoms with van der Waals surface area (Å²) < 4.78 is 5.27. The van der Waals surface area contributed by atoms with Gasteiger partial charge in [-0.2, -0.15) is 0 Å². The first-order valence-corrected chi connectivity index (χ1v) is 11.0. The van der Waals surface area contributed by atoms with Gasteiger partial charge in [-0.05, 0) is 42.8 Å². The minimum atomic E-state index is -0.121. The maximum Gasteiger partial charge on any atom is 0.261 e. The van der Waals surface area contributed by atoms with Crippen LogP contribution in [0.3, 0.4) is 0 Å². The van der Waals surface area contributed by atoms with Crippen molar-refractivity contribution in [1.29, 1.82) is 0 Å². The Morgan fingerprint density at radius 3 is 2.60 bits per heavy atom. The molecular weight excluding hydrogens is 402 g/mol. The molecule has 1 aromatic carbocycles. The van der Waals surface area contributed by atoms with Gasteiger partial charge in [0.1, 0.15) is 5.75 Å². The van der Waals surface area contributed by atoms with Gasteiger partial charge in [-0.1, -0.05) is 18.2 Å². The fraction of sp³-hybridized carbons (Fsp3) is 0.409. The van der Waals surface area contributed by atoms with E-state index in [1.165, 1.54) is 11.3 Å². The molecule has 2 N–H and O–H groups in total. The van der Waals surface area contributed by atoms with Crippen LogP contribution < -0.4 is 15.4 Å². The van der Waals surface area contributed by atoms with Gasteiger partial charge in [0, 0.05) is 32.0 Å². The Morgan fingerprint density at radius 2 is 1.90 bits per heavy atom. The third kappa shape index (κ3) is 5.82. The Hall–Kier alpha value is -2.87. The summed E-state index contributed by atoms with van der Waals surface area (Å²) in [7, 11) is 1.57. The van der Waals surface area contributed by atoms with Gasteiger partial charge >= 0.3 is 0 Å². The van der Waals surface area contributed by atoms with E-state index in [0.717, 1.165) is 0 Å². The largest absolute Gasteiger partial charge is 0.495 e. The quantitative estimate of drug-likeness (QED) is 0.631. The van der Waals surface area contributed by atoms with Crippen molar-refractivity contribution in [1.82, 2.24) is 10.2 Å². The van der Waals surface area contributed by atoms with Crippen molar-refractivity contribution < 1.29 is 19.1 Å². The van der Waals surface area contributed by atoms with Crippen LogP contribution in [0.4, 0.5) is 5.69 Å². The number of anilines is 1. The molecule has 8 heteroatoms. The lowest BCUT2D eigenvalue weighted by molar-refractivity contribution is -0.134. The number of amides is 3. The molecule has 7 nitrogen and oxygen atoms in total. The molecule has 30 heavy (non-hydrogen) atoms. The number of ether oxygens (including phenoxy) is 1. The predicted octanol–water partition coefficient (Wildman–Crippen LogP) is 3.14. The summed E-state index contributed by atoms with van der Waals surface area (Å²) in [5.41, 5.74) is 0.660. The first-order chi connectivity index (χ1) is 14.6. The van der Waals surface area contributed by atoms with Crippen LogP contribution in [0.1, 0.15) is 35.4 Å². The number of rotatable bonds is 8. The SMILES string of the molecule is COc1ccccc1NC(=O)C1CCN(C(=O)CCCNC(=O)c2cccs2)CC1. The second-order valence-electron chi connectivity index (χ2n) is 7.18. The van der Waals surface area contributed by atoms with Crippen LogP contribution in [0.5, 0.6) is 5.75 Å². The fourth-order valence-corrected chi connectivity index (χ4v) is 4.11. The Labute approximate surface area is 180 Å². The zero-order valence-corrected chi connectivity index (χ0v) is 17.9. The van der Waals surface area contributed by atoms with Gasteiger partial charge in [0.15, 0.2) is 0 Å². The van der Waals surface area contributed by atoms with E-state index in [4.69, 9.17) is 4.74 Å². The van der Waals surface area contributed by atoms with Crippen molar-refractivity contribution in [3.63, 3.8) is 0 Å². The van der Waals surface area contributed by atoms with E-state index in [1.54, 1.807) is 19.2 Å². The highest BCUT2D eigenvalue weighted by Crippen LogP contribution is 2.26. The van der Waals surface area contributed by atoms with E-state index in [-0.39, 0.29) is 23.6 Å². The van der Waals surface area contributed by atoms with Crippen LogP contribution in [-0.2, 0) is 9.59 Å². The van der Waals surface area contributed by atoms with Gasteiger partial charge < -0.3 is 20.3 Å². The fourth-order valence-electron chi connectivity index (χ4n) is 3.47. The first kappa shape index (κ1) is 21.8. The number of para-hydroxylation sites is 2. The van der Waals surface area contributed by atoms with Crippen LogP contribution >= 0.6 is 11.3 Å². The smallest absolute Gasteiger partial charge is 0.261 e. The summed E-state index contributed by atoms with van der Waals surface area (Å²) in [6, 6.07) is 10.9. The van der Waals surface area contributed by atoms with Gasteiger partial charge in [-0.3, -0.25) is 14.4 Å². The Bertz CT molecular complexity index is 861. The van der Waals surface area contributed by atoms with E-state index in [9.17, 15) is 14.4 Å². The average Bonchev–Trinajstić information content (AvgIpc) is 3.32. The molecule has 0 atom stereocenters. The summed E-state index contributed by atoms with van der Waals surface area (Å²) in [4.78, 5) is 39.4. The molecule has 0 bridgehead atoms. The van der Waals surface area contributed by atoms with Gasteiger partial charge in [0.05, 0.1) is 17.7 Å². The predicted molar refractivity (Wildman–Crippen MR) is 117 cm³/mol. The van der Waals surface area contributed by atoms with Crippen LogP contribution in [0.15, 0.2) is 41.8 Å². The van der Waals surface area contributed by atoms with Crippen molar-refractivity contribution in [3.8, 4) is 5.75 Å². The topological polar surface area (TPSA) is 87.7 Å². The molecule has 0 unspecified atom stereocenters. The zero-order valence-electron chi connectivity index (χ0n) is 17.1. The van der Waals surface area contributed by atoms with Crippen LogP contribution in [-0.4, -0.2) is 49.4 Å². The minimum Gasteiger partial charge on any atom is -0.495 e. The summed E-state index contributed by atoms with van der Waals surface area (Å²) in [5.74, 6) is 0.444. The number of nitrogens with one attached hydrogen (secondary N) is 2. The Morgan fingerprint density at radius 1 is 1.13 bits per heavy atom. The number of thiophene rings is 1. The van der Waals surface area contributed by atoms with Gasteiger partial charge in [-0.15, -0.1) is 11.3 Å². The third-order valence-corrected chi connectivity index (χ3v) is 6.05. The molecule has 0 saturated carbocycles. The number of piperidine rings is 1. The first-order valence-electron chi connectivity index (χ1n) is 10.1. The molecule has 160 valence electrons. The Kier molecular flexibility index (Phi) is 7.84. The summed E-state index contributed by atoms with van der Waals surface area (Å²) in [6.45, 7) is 1.62. The molecule has 1 aliphatic rings. The lowest BCUT2D eigenvalue weighted by atomic mass is 9.95. The number of hydrogen-bond acceptors (Lipinski definition) is 5. The molecule has 2 aromatic rings. The van der Waals surface area contributed by atoms with Crippen molar-refractivity contribution in [2.24, 2.45) is 5.92 Å². The minimum absolute atomic E-state index is 0.0390. The summed E-state index contributed by atoms with van der Waals surface area (Å²) in [6.07, 6.45) is 2.27. The molecule has 3 rings (SSSR count). The molecule has 0 spiro atoms. The number of benzene rings is 1. The lowest BCUT2D eigenvalue weighted by Crippen LogP contribution is -2.41. The number of hydrogen-bond donors (Lipinski definition) is 2. The summed E-state index contributed by atoms with van der Waals surface area (Å²) in [5, 5.41) is 7.63. The van der Waals surface area contributed by atoms with E-state index >= 15 is 0 Å².